The molecule has 0 aromatic carbocycles. The molecule has 0 bridgehead atoms. The van der Waals surface area contributed by atoms with Gasteiger partial charge in [-0.3, -0.25) is 4.79 Å². The molecule has 0 saturated carbocycles. The summed E-state index contributed by atoms with van der Waals surface area (Å²) < 4.78 is 16.8. The largest absolute Gasteiger partial charge is 0.381 e. The second kappa shape index (κ2) is 5.87. The Bertz CT molecular complexity index is 316. The number of morpholine rings is 1. The summed E-state index contributed by atoms with van der Waals surface area (Å²) in [6.07, 6.45) is 3.55. The van der Waals surface area contributed by atoms with Crippen molar-refractivity contribution in [3.8, 4) is 0 Å². The lowest BCUT2D eigenvalue weighted by Crippen LogP contribution is -2.52. The lowest BCUT2D eigenvalue weighted by molar-refractivity contribution is -0.159. The summed E-state index contributed by atoms with van der Waals surface area (Å²) in [7, 11) is 0. The average molecular weight is 269 g/mol. The molecular weight excluding hydrogens is 246 g/mol. The SMILES string of the molecule is O=C(C1CCOC2(CCOCC2)C1)C1COCCN1. The Morgan fingerprint density at radius 3 is 2.68 bits per heavy atom. The van der Waals surface area contributed by atoms with Gasteiger partial charge in [-0.25, -0.2) is 0 Å². The van der Waals surface area contributed by atoms with Crippen molar-refractivity contribution in [1.82, 2.24) is 5.32 Å². The fourth-order valence-electron chi connectivity index (χ4n) is 3.40. The molecule has 1 spiro atoms. The van der Waals surface area contributed by atoms with E-state index >= 15 is 0 Å². The van der Waals surface area contributed by atoms with Crippen LogP contribution >= 0.6 is 0 Å². The van der Waals surface area contributed by atoms with Crippen LogP contribution in [-0.4, -0.2) is 57.0 Å². The Balaban J connectivity index is 1.62. The Kier molecular flexibility index (Phi) is 4.17. The summed E-state index contributed by atoms with van der Waals surface area (Å²) in [4.78, 5) is 12.5. The quantitative estimate of drug-likeness (QED) is 0.792. The second-order valence-corrected chi connectivity index (χ2v) is 5.82. The highest BCUT2D eigenvalue weighted by molar-refractivity contribution is 5.86. The lowest BCUT2D eigenvalue weighted by Gasteiger charge is -2.43. The zero-order valence-electron chi connectivity index (χ0n) is 11.4. The summed E-state index contributed by atoms with van der Waals surface area (Å²) >= 11 is 0. The molecular formula is C14H23NO4. The number of Topliss-reactive ketones (excluding diaryl/α,β-unsaturated/α-hetero) is 1. The maximum absolute atomic E-state index is 12.5. The van der Waals surface area contributed by atoms with Gasteiger partial charge in [-0.2, -0.15) is 0 Å². The molecule has 3 aliphatic heterocycles. The van der Waals surface area contributed by atoms with Crippen LogP contribution in [0.2, 0.25) is 0 Å². The van der Waals surface area contributed by atoms with Crippen LogP contribution in [0.5, 0.6) is 0 Å². The third-order valence-electron chi connectivity index (χ3n) is 4.56. The van der Waals surface area contributed by atoms with Gasteiger partial charge in [0.2, 0.25) is 0 Å². The number of carbonyl (C=O) groups is 1. The number of hydrogen-bond acceptors (Lipinski definition) is 5. The molecule has 3 saturated heterocycles. The summed E-state index contributed by atoms with van der Waals surface area (Å²) in [5, 5.41) is 3.27. The highest BCUT2D eigenvalue weighted by atomic mass is 16.5. The predicted octanol–water partition coefficient (Wildman–Crippen LogP) is 0.520. The minimum Gasteiger partial charge on any atom is -0.381 e. The molecule has 0 radical (unpaired) electrons. The Morgan fingerprint density at radius 1 is 1.11 bits per heavy atom. The van der Waals surface area contributed by atoms with Gasteiger partial charge in [0, 0.05) is 32.3 Å². The van der Waals surface area contributed by atoms with Gasteiger partial charge >= 0.3 is 0 Å². The summed E-state index contributed by atoms with van der Waals surface area (Å²) in [6.45, 7) is 4.21. The van der Waals surface area contributed by atoms with Crippen molar-refractivity contribution in [2.24, 2.45) is 5.92 Å². The molecule has 0 aliphatic carbocycles. The molecule has 3 fully saturated rings. The first-order valence-electron chi connectivity index (χ1n) is 7.36. The molecule has 3 heterocycles. The van der Waals surface area contributed by atoms with E-state index in [-0.39, 0.29) is 17.6 Å². The van der Waals surface area contributed by atoms with E-state index in [2.05, 4.69) is 5.32 Å². The number of ether oxygens (including phenoxy) is 3. The van der Waals surface area contributed by atoms with Gasteiger partial charge in [0.15, 0.2) is 5.78 Å². The van der Waals surface area contributed by atoms with Crippen LogP contribution < -0.4 is 5.32 Å². The van der Waals surface area contributed by atoms with E-state index in [4.69, 9.17) is 14.2 Å². The van der Waals surface area contributed by atoms with E-state index in [0.717, 1.165) is 45.4 Å². The standard InChI is InChI=1S/C14H23NO4/c16-13(12-10-18-8-4-15-12)11-1-5-19-14(9-11)2-6-17-7-3-14/h11-12,15H,1-10H2. The predicted molar refractivity (Wildman–Crippen MR) is 69.1 cm³/mol. The molecule has 0 aromatic heterocycles. The van der Waals surface area contributed by atoms with Crippen molar-refractivity contribution >= 4 is 5.78 Å². The summed E-state index contributed by atoms with van der Waals surface area (Å²) in [6, 6.07) is -0.117. The highest BCUT2D eigenvalue weighted by Gasteiger charge is 2.42. The van der Waals surface area contributed by atoms with Crippen LogP contribution in [0.25, 0.3) is 0 Å². The maximum atomic E-state index is 12.5. The first kappa shape index (κ1) is 13.5. The minimum atomic E-state index is -0.117. The van der Waals surface area contributed by atoms with Crippen molar-refractivity contribution in [3.63, 3.8) is 0 Å². The number of rotatable bonds is 2. The van der Waals surface area contributed by atoms with Crippen LogP contribution in [-0.2, 0) is 19.0 Å². The molecule has 2 unspecified atom stereocenters. The zero-order valence-corrected chi connectivity index (χ0v) is 11.4. The van der Waals surface area contributed by atoms with E-state index < -0.39 is 0 Å². The van der Waals surface area contributed by atoms with Crippen molar-refractivity contribution in [1.29, 1.82) is 0 Å². The third kappa shape index (κ3) is 2.99. The van der Waals surface area contributed by atoms with Crippen molar-refractivity contribution in [3.05, 3.63) is 0 Å². The fourth-order valence-corrected chi connectivity index (χ4v) is 3.40. The van der Waals surface area contributed by atoms with Gasteiger partial charge in [-0.15, -0.1) is 0 Å². The number of nitrogens with one attached hydrogen (secondary N) is 1. The van der Waals surface area contributed by atoms with Gasteiger partial charge in [0.25, 0.3) is 0 Å². The van der Waals surface area contributed by atoms with Crippen LogP contribution in [0.1, 0.15) is 25.7 Å². The van der Waals surface area contributed by atoms with Crippen LogP contribution in [0.3, 0.4) is 0 Å². The van der Waals surface area contributed by atoms with Gasteiger partial charge in [-0.05, 0) is 25.7 Å². The summed E-state index contributed by atoms with van der Waals surface area (Å²) in [5.41, 5.74) is -0.105. The van der Waals surface area contributed by atoms with Gasteiger partial charge in [-0.1, -0.05) is 0 Å². The smallest absolute Gasteiger partial charge is 0.155 e. The van der Waals surface area contributed by atoms with Crippen molar-refractivity contribution in [2.45, 2.75) is 37.3 Å². The van der Waals surface area contributed by atoms with Gasteiger partial charge in [0.1, 0.15) is 0 Å². The van der Waals surface area contributed by atoms with Crippen LogP contribution in [0.15, 0.2) is 0 Å². The first-order chi connectivity index (χ1) is 9.29. The third-order valence-corrected chi connectivity index (χ3v) is 4.56. The molecule has 5 nitrogen and oxygen atoms in total. The second-order valence-electron chi connectivity index (χ2n) is 5.82. The molecule has 108 valence electrons. The van der Waals surface area contributed by atoms with Crippen molar-refractivity contribution in [2.75, 3.05) is 39.6 Å². The lowest BCUT2D eigenvalue weighted by atomic mass is 9.78. The topological polar surface area (TPSA) is 56.8 Å². The molecule has 2 atom stereocenters. The molecule has 1 N–H and O–H groups in total. The maximum Gasteiger partial charge on any atom is 0.155 e. The normalized spacial score (nSPS) is 35.2. The Hall–Kier alpha value is -0.490. The minimum absolute atomic E-state index is 0.105. The van der Waals surface area contributed by atoms with Crippen molar-refractivity contribution < 1.29 is 19.0 Å². The van der Waals surface area contributed by atoms with E-state index in [1.54, 1.807) is 0 Å². The van der Waals surface area contributed by atoms with E-state index in [1.165, 1.54) is 0 Å². The van der Waals surface area contributed by atoms with Gasteiger partial charge in [0.05, 0.1) is 24.9 Å². The molecule has 0 amide bonds. The number of carbonyl (C=O) groups excluding carboxylic acids is 1. The molecule has 19 heavy (non-hydrogen) atoms. The van der Waals surface area contributed by atoms with Crippen LogP contribution in [0.4, 0.5) is 0 Å². The van der Waals surface area contributed by atoms with E-state index in [0.29, 0.717) is 25.6 Å². The van der Waals surface area contributed by atoms with Crippen LogP contribution in [0, 0.1) is 5.92 Å². The molecule has 5 heteroatoms. The van der Waals surface area contributed by atoms with Gasteiger partial charge < -0.3 is 19.5 Å². The Morgan fingerprint density at radius 2 is 1.95 bits per heavy atom. The molecule has 3 aliphatic rings. The molecule has 3 rings (SSSR count). The monoisotopic (exact) mass is 269 g/mol. The fraction of sp³-hybridized carbons (Fsp3) is 0.929. The zero-order chi connectivity index (χ0) is 13.1. The first-order valence-corrected chi connectivity index (χ1v) is 7.36. The Labute approximate surface area is 114 Å². The van der Waals surface area contributed by atoms with E-state index in [1.807, 2.05) is 0 Å². The summed E-state index contributed by atoms with van der Waals surface area (Å²) in [5.74, 6) is 0.430. The average Bonchev–Trinajstić information content (AvgIpc) is 2.48. The number of hydrogen-bond donors (Lipinski definition) is 1. The molecule has 0 aromatic rings. The van der Waals surface area contributed by atoms with E-state index in [9.17, 15) is 4.79 Å². The number of ketones is 1. The highest BCUT2D eigenvalue weighted by Crippen LogP contribution is 2.37.